The molecule has 0 bridgehead atoms. The molecular weight excluding hydrogens is 244 g/mol. The van der Waals surface area contributed by atoms with E-state index in [9.17, 15) is 5.11 Å². The maximum absolute atomic E-state index is 10.4. The average molecular weight is 272 g/mol. The molecule has 0 aromatic heterocycles. The van der Waals surface area contributed by atoms with Gasteiger partial charge in [-0.1, -0.05) is 72.4 Å². The van der Waals surface area contributed by atoms with Crippen molar-refractivity contribution in [2.75, 3.05) is 0 Å². The lowest BCUT2D eigenvalue weighted by atomic mass is 9.59. The van der Waals surface area contributed by atoms with Crippen LogP contribution in [0, 0.1) is 5.41 Å². The third kappa shape index (κ3) is 1.65. The first kappa shape index (κ1) is 15.3. The molecule has 1 heteroatoms. The standard InChI is InChI=1S/C19H28O/c1-9-19(8,20)13-10-11-14-15(12-13)17(4,5)18(6,7)16(14,2)3/h9-12,20H,1H2,2-8H3. The summed E-state index contributed by atoms with van der Waals surface area (Å²) in [7, 11) is 0. The summed E-state index contributed by atoms with van der Waals surface area (Å²) >= 11 is 0. The van der Waals surface area contributed by atoms with E-state index in [1.807, 2.05) is 6.07 Å². The summed E-state index contributed by atoms with van der Waals surface area (Å²) in [6, 6.07) is 6.41. The third-order valence-electron chi connectivity index (χ3n) is 6.47. The van der Waals surface area contributed by atoms with Crippen molar-refractivity contribution in [2.24, 2.45) is 5.41 Å². The van der Waals surface area contributed by atoms with Crippen molar-refractivity contribution in [3.8, 4) is 0 Å². The molecule has 1 aromatic rings. The summed E-state index contributed by atoms with van der Waals surface area (Å²) in [5.74, 6) is 0. The summed E-state index contributed by atoms with van der Waals surface area (Å²) < 4.78 is 0. The number of hydrogen-bond donors (Lipinski definition) is 1. The summed E-state index contributed by atoms with van der Waals surface area (Å²) in [4.78, 5) is 0. The summed E-state index contributed by atoms with van der Waals surface area (Å²) in [6.07, 6.45) is 1.60. The third-order valence-corrected chi connectivity index (χ3v) is 6.47. The van der Waals surface area contributed by atoms with Crippen LogP contribution in [0.15, 0.2) is 30.9 Å². The van der Waals surface area contributed by atoms with Crippen molar-refractivity contribution in [1.29, 1.82) is 0 Å². The van der Waals surface area contributed by atoms with Gasteiger partial charge in [0.15, 0.2) is 0 Å². The van der Waals surface area contributed by atoms with E-state index in [2.05, 4.69) is 60.3 Å². The van der Waals surface area contributed by atoms with Gasteiger partial charge in [-0.15, -0.1) is 0 Å². The molecule has 0 saturated heterocycles. The Labute approximate surface area is 123 Å². The van der Waals surface area contributed by atoms with Crippen LogP contribution >= 0.6 is 0 Å². The van der Waals surface area contributed by atoms with Crippen molar-refractivity contribution in [2.45, 2.75) is 64.9 Å². The first-order valence-electron chi connectivity index (χ1n) is 7.41. The van der Waals surface area contributed by atoms with Gasteiger partial charge in [0.05, 0.1) is 0 Å². The molecule has 20 heavy (non-hydrogen) atoms. The molecule has 0 heterocycles. The Morgan fingerprint density at radius 1 is 1.00 bits per heavy atom. The van der Waals surface area contributed by atoms with Gasteiger partial charge >= 0.3 is 0 Å². The molecule has 0 saturated carbocycles. The minimum atomic E-state index is -0.970. The van der Waals surface area contributed by atoms with E-state index in [-0.39, 0.29) is 16.2 Å². The highest BCUT2D eigenvalue weighted by molar-refractivity contribution is 5.51. The van der Waals surface area contributed by atoms with Gasteiger partial charge in [-0.2, -0.15) is 0 Å². The number of rotatable bonds is 2. The first-order chi connectivity index (χ1) is 8.89. The highest BCUT2D eigenvalue weighted by Crippen LogP contribution is 2.61. The molecule has 110 valence electrons. The van der Waals surface area contributed by atoms with Crippen molar-refractivity contribution in [1.82, 2.24) is 0 Å². The van der Waals surface area contributed by atoms with E-state index >= 15 is 0 Å². The van der Waals surface area contributed by atoms with E-state index in [1.54, 1.807) is 13.0 Å². The smallest absolute Gasteiger partial charge is 0.105 e. The maximum Gasteiger partial charge on any atom is 0.105 e. The molecular formula is C19H28O. The fourth-order valence-electron chi connectivity index (χ4n) is 3.49. The number of hydrogen-bond acceptors (Lipinski definition) is 1. The lowest BCUT2D eigenvalue weighted by Crippen LogP contribution is -2.42. The minimum absolute atomic E-state index is 0.0685. The summed E-state index contributed by atoms with van der Waals surface area (Å²) in [5.41, 5.74) is 3.04. The second kappa shape index (κ2) is 3.98. The Kier molecular flexibility index (Phi) is 3.04. The SMILES string of the molecule is C=CC(C)(O)c1ccc2c(c1)C(C)(C)C(C)(C)C2(C)C. The molecule has 0 fully saturated rings. The van der Waals surface area contributed by atoms with E-state index < -0.39 is 5.60 Å². The van der Waals surface area contributed by atoms with Gasteiger partial charge in [0.1, 0.15) is 5.60 Å². The second-order valence-corrected chi connectivity index (χ2v) is 7.99. The normalized spacial score (nSPS) is 24.8. The van der Waals surface area contributed by atoms with Gasteiger partial charge in [-0.3, -0.25) is 0 Å². The molecule has 1 aliphatic rings. The van der Waals surface area contributed by atoms with E-state index in [0.29, 0.717) is 0 Å². The van der Waals surface area contributed by atoms with Crippen LogP contribution in [0.1, 0.15) is 65.2 Å². The van der Waals surface area contributed by atoms with Crippen LogP contribution in [-0.2, 0) is 16.4 Å². The molecule has 1 aliphatic carbocycles. The lowest BCUT2D eigenvalue weighted by Gasteiger charge is -2.44. The molecule has 2 rings (SSSR count). The molecule has 0 aliphatic heterocycles. The molecule has 1 unspecified atom stereocenters. The Bertz CT molecular complexity index is 559. The molecule has 0 radical (unpaired) electrons. The lowest BCUT2D eigenvalue weighted by molar-refractivity contribution is 0.111. The predicted octanol–water partition coefficient (Wildman–Crippen LogP) is 4.68. The highest BCUT2D eigenvalue weighted by atomic mass is 16.3. The molecule has 1 aromatic carbocycles. The second-order valence-electron chi connectivity index (χ2n) is 7.99. The fraction of sp³-hybridized carbons (Fsp3) is 0.579. The Morgan fingerprint density at radius 3 is 2.00 bits per heavy atom. The minimum Gasteiger partial charge on any atom is -0.381 e. The van der Waals surface area contributed by atoms with Crippen LogP contribution in [0.5, 0.6) is 0 Å². The van der Waals surface area contributed by atoms with Crippen molar-refractivity contribution < 1.29 is 5.11 Å². The van der Waals surface area contributed by atoms with E-state index in [1.165, 1.54) is 11.1 Å². The van der Waals surface area contributed by atoms with Crippen molar-refractivity contribution in [3.05, 3.63) is 47.5 Å². The van der Waals surface area contributed by atoms with E-state index in [0.717, 1.165) is 5.56 Å². The zero-order valence-corrected chi connectivity index (χ0v) is 14.0. The highest BCUT2D eigenvalue weighted by Gasteiger charge is 2.56. The summed E-state index contributed by atoms with van der Waals surface area (Å²) in [6.45, 7) is 19.5. The number of fused-ring (bicyclic) bond motifs is 1. The molecule has 1 atom stereocenters. The quantitative estimate of drug-likeness (QED) is 0.775. The van der Waals surface area contributed by atoms with Crippen LogP contribution in [0.4, 0.5) is 0 Å². The number of aliphatic hydroxyl groups is 1. The number of benzene rings is 1. The molecule has 1 N–H and O–H groups in total. The van der Waals surface area contributed by atoms with Gasteiger partial charge in [0.2, 0.25) is 0 Å². The topological polar surface area (TPSA) is 20.2 Å². The monoisotopic (exact) mass is 272 g/mol. The Hall–Kier alpha value is -1.08. The van der Waals surface area contributed by atoms with Crippen molar-refractivity contribution >= 4 is 0 Å². The molecule has 0 spiro atoms. The summed E-state index contributed by atoms with van der Waals surface area (Å²) in [5, 5.41) is 10.4. The Morgan fingerprint density at radius 2 is 1.50 bits per heavy atom. The molecule has 1 nitrogen and oxygen atoms in total. The predicted molar refractivity (Wildman–Crippen MR) is 86.0 cm³/mol. The zero-order chi connectivity index (χ0) is 15.6. The van der Waals surface area contributed by atoms with Gasteiger partial charge in [0, 0.05) is 0 Å². The van der Waals surface area contributed by atoms with Gasteiger partial charge in [-0.25, -0.2) is 0 Å². The van der Waals surface area contributed by atoms with Crippen LogP contribution in [0.25, 0.3) is 0 Å². The van der Waals surface area contributed by atoms with E-state index in [4.69, 9.17) is 0 Å². The largest absolute Gasteiger partial charge is 0.381 e. The molecule has 0 amide bonds. The maximum atomic E-state index is 10.4. The first-order valence-corrected chi connectivity index (χ1v) is 7.41. The van der Waals surface area contributed by atoms with Crippen LogP contribution < -0.4 is 0 Å². The van der Waals surface area contributed by atoms with Crippen LogP contribution in [0.2, 0.25) is 0 Å². The van der Waals surface area contributed by atoms with Gasteiger partial charge in [-0.05, 0) is 39.9 Å². The average Bonchev–Trinajstić information content (AvgIpc) is 2.46. The van der Waals surface area contributed by atoms with Crippen molar-refractivity contribution in [3.63, 3.8) is 0 Å². The van der Waals surface area contributed by atoms with Crippen LogP contribution in [0.3, 0.4) is 0 Å². The van der Waals surface area contributed by atoms with Gasteiger partial charge in [0.25, 0.3) is 0 Å². The van der Waals surface area contributed by atoms with Crippen LogP contribution in [-0.4, -0.2) is 5.11 Å². The Balaban J connectivity index is 2.73. The zero-order valence-electron chi connectivity index (χ0n) is 14.0. The van der Waals surface area contributed by atoms with Gasteiger partial charge < -0.3 is 5.11 Å². The fourth-order valence-corrected chi connectivity index (χ4v) is 3.49.